The van der Waals surface area contributed by atoms with Gasteiger partial charge in [-0.1, -0.05) is 28.7 Å². The maximum atomic E-state index is 13.1. The summed E-state index contributed by atoms with van der Waals surface area (Å²) in [7, 11) is 0. The van der Waals surface area contributed by atoms with Crippen molar-refractivity contribution in [2.75, 3.05) is 13.2 Å². The second-order valence-electron chi connectivity index (χ2n) is 7.84. The quantitative estimate of drug-likeness (QED) is 0.0597. The number of hydrogen-bond acceptors (Lipinski definition) is 1. The van der Waals surface area contributed by atoms with Gasteiger partial charge >= 0.3 is 65.8 Å². The molecule has 276 valence electrons. The minimum Gasteiger partial charge on any atom is -1.00 e. The Balaban J connectivity index is -0.000000136. The molecule has 0 fully saturated rings. The first-order valence-corrected chi connectivity index (χ1v) is 12.4. The van der Waals surface area contributed by atoms with Crippen LogP contribution in [0.1, 0.15) is 33.1 Å². The average molecular weight is 918 g/mol. The molecule has 0 rings (SSSR count). The molecule has 2 atom stereocenters. The molecule has 0 bridgehead atoms. The van der Waals surface area contributed by atoms with Crippen LogP contribution in [-0.2, 0) is 4.74 Å². The molecule has 24 heteroatoms. The van der Waals surface area contributed by atoms with Crippen LogP contribution < -0.4 is 17.0 Å². The summed E-state index contributed by atoms with van der Waals surface area (Å²) in [5.41, 5.74) is -11.8. The number of halogens is 22. The molecule has 0 aliphatic carbocycles. The molecule has 0 saturated carbocycles. The van der Waals surface area contributed by atoms with Crippen LogP contribution in [0.5, 0.6) is 0 Å². The Morgan fingerprint density at radius 3 is 1.02 bits per heavy atom. The Hall–Kier alpha value is -0.114. The summed E-state index contributed by atoms with van der Waals surface area (Å²) < 4.78 is 244. The fraction of sp³-hybridized carbons (Fsp3) is 0.773. The van der Waals surface area contributed by atoms with Crippen molar-refractivity contribution in [2.24, 2.45) is 5.92 Å². The van der Waals surface area contributed by atoms with Gasteiger partial charge in [-0.15, -0.1) is 6.58 Å². The third-order valence-electron chi connectivity index (χ3n) is 4.46. The smallest absolute Gasteiger partial charge is 1.00 e. The van der Waals surface area contributed by atoms with Crippen molar-refractivity contribution in [3.8, 4) is 0 Å². The van der Waals surface area contributed by atoms with Gasteiger partial charge in [-0.25, -0.2) is 28.4 Å². The number of allylic oxidation sites excluding steroid dienone is 2. The molecule has 0 aromatic heterocycles. The molecule has 0 aromatic carbocycles. The van der Waals surface area contributed by atoms with Gasteiger partial charge in [0.15, 0.2) is 0 Å². The zero-order valence-electron chi connectivity index (χ0n) is 23.4. The number of alkyl halides is 21. The summed E-state index contributed by atoms with van der Waals surface area (Å²) in [5.74, 6) is -3.13. The van der Waals surface area contributed by atoms with Gasteiger partial charge in [-0.3, -0.25) is 0 Å². The van der Waals surface area contributed by atoms with Crippen LogP contribution in [0.25, 0.3) is 0 Å². The van der Waals surface area contributed by atoms with Crippen molar-refractivity contribution in [1.82, 2.24) is 0 Å². The normalized spacial score (nSPS) is 14.2. The first-order valence-electron chi connectivity index (χ1n) is 11.1. The molecular formula is C22H26BrF20IMgO. The van der Waals surface area contributed by atoms with Crippen molar-refractivity contribution in [2.45, 2.75) is 85.4 Å². The molecule has 0 heterocycles. The fourth-order valence-corrected chi connectivity index (χ4v) is 2.83. The molecule has 0 radical (unpaired) electrons. The number of ether oxygens (including phenoxy) is 1. The molecule has 1 nitrogen and oxygen atoms in total. The van der Waals surface area contributed by atoms with E-state index in [1.54, 1.807) is 0 Å². The van der Waals surface area contributed by atoms with Gasteiger partial charge in [0.25, 0.3) is 5.67 Å². The largest absolute Gasteiger partial charge is 2.00 e. The van der Waals surface area contributed by atoms with Crippen LogP contribution in [0, 0.1) is 12.8 Å². The Morgan fingerprint density at radius 1 is 0.609 bits per heavy atom. The summed E-state index contributed by atoms with van der Waals surface area (Å²) in [6, 6.07) is 0. The summed E-state index contributed by atoms with van der Waals surface area (Å²) in [6.07, 6.45) is -41.5. The van der Waals surface area contributed by atoms with Crippen LogP contribution >= 0.6 is 22.6 Å². The van der Waals surface area contributed by atoms with E-state index in [1.807, 2.05) is 13.8 Å². The van der Waals surface area contributed by atoms with Crippen molar-refractivity contribution in [3.05, 3.63) is 32.2 Å². The van der Waals surface area contributed by atoms with Gasteiger partial charge in [-0.05, 0) is 20.3 Å². The summed E-state index contributed by atoms with van der Waals surface area (Å²) in [5, 5.41) is 0. The van der Waals surface area contributed by atoms with Crippen LogP contribution in [0.2, 0.25) is 0 Å². The maximum Gasteiger partial charge on any atom is 2.00 e. The van der Waals surface area contributed by atoms with Crippen molar-refractivity contribution in [1.29, 1.82) is 0 Å². The molecule has 0 aliphatic rings. The first-order chi connectivity index (χ1) is 19.1. The Bertz CT molecular complexity index is 772. The van der Waals surface area contributed by atoms with Gasteiger partial charge in [0.05, 0.1) is 5.92 Å². The van der Waals surface area contributed by atoms with Gasteiger partial charge in [0, 0.05) is 26.1 Å². The molecule has 2 unspecified atom stereocenters. The standard InChI is InChI=1S/C9H8F10.C6H3F10I.C4H10O.C3H5.BrH.Mg/c1-2-3-5(7(11,12)13)4-6(10,8(14,15)16)9(17,18)19;7-3(5(11,12)13,6(14,15)16)1-2(17)4(8,9)10;1-3-5-4-2;1-3-2;;/h2,5H,1,3-4H2;2H,1H2;3-4H2,1-2H3;3H,1-2H2;1H;/q;;;-1;;+2/p-1. The maximum absolute atomic E-state index is 13.1. The number of rotatable bonds is 8. The predicted molar refractivity (Wildman–Crippen MR) is 133 cm³/mol. The van der Waals surface area contributed by atoms with Crippen molar-refractivity contribution < 1.29 is 110 Å². The van der Waals surface area contributed by atoms with E-state index in [1.165, 1.54) is 6.08 Å². The molecule has 46 heavy (non-hydrogen) atoms. The van der Waals surface area contributed by atoms with E-state index in [-0.39, 0.29) is 62.6 Å². The molecule has 0 N–H and O–H groups in total. The summed E-state index contributed by atoms with van der Waals surface area (Å²) in [4.78, 5) is 0. The Kier molecular flexibility index (Phi) is 28.5. The van der Waals surface area contributed by atoms with E-state index in [0.717, 1.165) is 13.2 Å². The molecule has 0 amide bonds. The van der Waals surface area contributed by atoms with E-state index >= 15 is 0 Å². The average Bonchev–Trinajstić information content (AvgIpc) is 2.76. The number of hydrogen-bond donors (Lipinski definition) is 0. The Labute approximate surface area is 291 Å². The van der Waals surface area contributed by atoms with Crippen LogP contribution in [0.4, 0.5) is 87.8 Å². The van der Waals surface area contributed by atoms with Crippen molar-refractivity contribution >= 4 is 45.6 Å². The molecule has 0 saturated heterocycles. The molecular weight excluding hydrogens is 891 g/mol. The second kappa shape index (κ2) is 22.6. The van der Waals surface area contributed by atoms with Gasteiger partial charge in [-0.2, -0.15) is 79.0 Å². The predicted octanol–water partition coefficient (Wildman–Crippen LogP) is 8.21. The second-order valence-corrected chi connectivity index (χ2v) is 9.35. The van der Waals surface area contributed by atoms with Crippen LogP contribution in [0.15, 0.2) is 25.3 Å². The van der Waals surface area contributed by atoms with E-state index in [0.29, 0.717) is 6.08 Å². The summed E-state index contributed by atoms with van der Waals surface area (Å²) >= 11 is 0.288. The minimum atomic E-state index is -6.49. The van der Waals surface area contributed by atoms with Crippen molar-refractivity contribution in [3.63, 3.8) is 0 Å². The fourth-order valence-electron chi connectivity index (χ4n) is 2.22. The SMILES string of the molecule is C=CCC(CC(F)(C(F)(F)F)C(F)(F)F)C(F)(F)F.C=C[CH2-].CCOCC.FC(F)(F)C(I)CC(F)(C(F)(F)F)C(F)(F)F.[Br-].[Mg+2]. The minimum absolute atomic E-state index is 0. The summed E-state index contributed by atoms with van der Waals surface area (Å²) in [6.45, 7) is 15.0. The third-order valence-corrected chi connectivity index (χ3v) is 5.61. The topological polar surface area (TPSA) is 9.23 Å². The van der Waals surface area contributed by atoms with Crippen LogP contribution in [0.3, 0.4) is 0 Å². The van der Waals surface area contributed by atoms with E-state index < -0.39 is 77.5 Å². The van der Waals surface area contributed by atoms with Gasteiger partial charge in [0.2, 0.25) is 0 Å². The molecule has 0 aliphatic heterocycles. The van der Waals surface area contributed by atoms with E-state index in [4.69, 9.17) is 4.74 Å². The molecule has 0 aromatic rings. The molecule has 0 spiro atoms. The van der Waals surface area contributed by atoms with E-state index in [2.05, 4.69) is 20.1 Å². The van der Waals surface area contributed by atoms with E-state index in [9.17, 15) is 87.8 Å². The van der Waals surface area contributed by atoms with Gasteiger partial charge < -0.3 is 21.7 Å². The zero-order valence-corrected chi connectivity index (χ0v) is 28.6. The van der Waals surface area contributed by atoms with Gasteiger partial charge in [0.1, 0.15) is 3.92 Å². The Morgan fingerprint density at radius 2 is 0.870 bits per heavy atom. The third kappa shape index (κ3) is 20.4. The van der Waals surface area contributed by atoms with Crippen LogP contribution in [-0.4, -0.2) is 88.6 Å². The monoisotopic (exact) mass is 916 g/mol. The zero-order chi connectivity index (χ0) is 36.8. The first kappa shape index (κ1) is 58.1.